The minimum absolute atomic E-state index is 0.0216. The minimum Gasteiger partial charge on any atom is -0.497 e. The van der Waals surface area contributed by atoms with Crippen LogP contribution in [0.2, 0.25) is 0 Å². The Bertz CT molecular complexity index is 560. The lowest BCUT2D eigenvalue weighted by atomic mass is 10.1. The molecule has 1 aliphatic rings. The van der Waals surface area contributed by atoms with Crippen LogP contribution in [0.5, 0.6) is 5.75 Å². The van der Waals surface area contributed by atoms with Gasteiger partial charge in [0.05, 0.1) is 13.0 Å². The Labute approximate surface area is 137 Å². The number of ether oxygens (including phenoxy) is 1. The second-order valence-corrected chi connectivity index (χ2v) is 6.05. The molecule has 1 aliphatic heterocycles. The molecule has 6 heteroatoms. The molecule has 6 nitrogen and oxygen atoms in total. The van der Waals surface area contributed by atoms with Gasteiger partial charge in [-0.3, -0.25) is 9.59 Å². The summed E-state index contributed by atoms with van der Waals surface area (Å²) in [5.74, 6) is 0.356. The van der Waals surface area contributed by atoms with E-state index in [2.05, 4.69) is 10.2 Å². The number of carbonyl (C=O) groups is 2. The zero-order valence-electron chi connectivity index (χ0n) is 14.0. The number of hydrogen-bond donors (Lipinski definition) is 1. The van der Waals surface area contributed by atoms with E-state index in [4.69, 9.17) is 4.74 Å². The van der Waals surface area contributed by atoms with E-state index in [1.54, 1.807) is 12.0 Å². The lowest BCUT2D eigenvalue weighted by Crippen LogP contribution is -2.34. The van der Waals surface area contributed by atoms with E-state index in [-0.39, 0.29) is 24.2 Å². The van der Waals surface area contributed by atoms with Gasteiger partial charge in [-0.25, -0.2) is 0 Å². The molecule has 0 aliphatic carbocycles. The Morgan fingerprint density at radius 2 is 2.22 bits per heavy atom. The molecule has 1 saturated heterocycles. The molecule has 1 heterocycles. The molecule has 2 amide bonds. The molecule has 0 bridgehead atoms. The number of nitrogens with zero attached hydrogens (tertiary/aromatic N) is 2. The van der Waals surface area contributed by atoms with Crippen molar-refractivity contribution in [3.8, 4) is 5.75 Å². The highest BCUT2D eigenvalue weighted by Gasteiger charge is 2.35. The maximum atomic E-state index is 12.2. The lowest BCUT2D eigenvalue weighted by Gasteiger charge is -2.17. The van der Waals surface area contributed by atoms with Crippen molar-refractivity contribution in [1.29, 1.82) is 0 Å². The third-order valence-electron chi connectivity index (χ3n) is 3.94. The summed E-state index contributed by atoms with van der Waals surface area (Å²) in [6.45, 7) is 1.99. The van der Waals surface area contributed by atoms with Crippen LogP contribution in [0.4, 0.5) is 5.69 Å². The topological polar surface area (TPSA) is 61.9 Å². The van der Waals surface area contributed by atoms with Gasteiger partial charge in [-0.2, -0.15) is 0 Å². The summed E-state index contributed by atoms with van der Waals surface area (Å²) in [4.78, 5) is 28.2. The highest BCUT2D eigenvalue weighted by Crippen LogP contribution is 2.27. The van der Waals surface area contributed by atoms with Crippen molar-refractivity contribution in [1.82, 2.24) is 10.2 Å². The Kier molecular flexibility index (Phi) is 5.98. The highest BCUT2D eigenvalue weighted by molar-refractivity contribution is 6.00. The van der Waals surface area contributed by atoms with E-state index in [0.29, 0.717) is 18.8 Å². The van der Waals surface area contributed by atoms with Crippen LogP contribution in [0.1, 0.15) is 12.8 Å². The van der Waals surface area contributed by atoms with Gasteiger partial charge in [-0.15, -0.1) is 0 Å². The van der Waals surface area contributed by atoms with Crippen LogP contribution < -0.4 is 15.0 Å². The molecule has 2 rings (SSSR count). The van der Waals surface area contributed by atoms with Crippen molar-refractivity contribution in [2.75, 3.05) is 45.7 Å². The van der Waals surface area contributed by atoms with E-state index in [0.717, 1.165) is 18.7 Å². The van der Waals surface area contributed by atoms with Crippen molar-refractivity contribution in [2.45, 2.75) is 12.8 Å². The van der Waals surface area contributed by atoms with Gasteiger partial charge in [0.1, 0.15) is 5.75 Å². The van der Waals surface area contributed by atoms with Crippen molar-refractivity contribution >= 4 is 17.5 Å². The number of methoxy groups -OCH3 is 1. The van der Waals surface area contributed by atoms with Crippen LogP contribution in [-0.2, 0) is 9.59 Å². The van der Waals surface area contributed by atoms with Crippen LogP contribution >= 0.6 is 0 Å². The molecular weight excluding hydrogens is 294 g/mol. The van der Waals surface area contributed by atoms with Gasteiger partial charge in [0.15, 0.2) is 0 Å². The SMILES string of the molecule is COc1cccc(N2CC(C(=O)NCCCN(C)C)CC2=O)c1. The van der Waals surface area contributed by atoms with Gasteiger partial charge in [0, 0.05) is 31.3 Å². The molecule has 1 aromatic rings. The van der Waals surface area contributed by atoms with Gasteiger partial charge in [0.25, 0.3) is 0 Å². The lowest BCUT2D eigenvalue weighted by molar-refractivity contribution is -0.126. The zero-order valence-corrected chi connectivity index (χ0v) is 14.0. The first-order chi connectivity index (χ1) is 11.0. The summed E-state index contributed by atoms with van der Waals surface area (Å²) in [6.07, 6.45) is 1.16. The molecule has 0 saturated carbocycles. The molecule has 1 aromatic carbocycles. The Morgan fingerprint density at radius 1 is 1.43 bits per heavy atom. The summed E-state index contributed by atoms with van der Waals surface area (Å²) < 4.78 is 5.19. The summed E-state index contributed by atoms with van der Waals surface area (Å²) in [6, 6.07) is 7.35. The van der Waals surface area contributed by atoms with Gasteiger partial charge in [-0.05, 0) is 39.2 Å². The fourth-order valence-corrected chi connectivity index (χ4v) is 2.66. The van der Waals surface area contributed by atoms with E-state index in [1.165, 1.54) is 0 Å². The Hall–Kier alpha value is -2.08. The first-order valence-corrected chi connectivity index (χ1v) is 7.88. The standard InChI is InChI=1S/C17H25N3O3/c1-19(2)9-5-8-18-17(22)13-10-16(21)20(12-13)14-6-4-7-15(11-14)23-3/h4,6-7,11,13H,5,8-10,12H2,1-3H3,(H,18,22). The van der Waals surface area contributed by atoms with E-state index >= 15 is 0 Å². The summed E-state index contributed by atoms with van der Waals surface area (Å²) in [5.41, 5.74) is 0.775. The van der Waals surface area contributed by atoms with E-state index in [9.17, 15) is 9.59 Å². The molecule has 126 valence electrons. The summed E-state index contributed by atoms with van der Waals surface area (Å²) in [7, 11) is 5.60. The normalized spacial score (nSPS) is 17.7. The second kappa shape index (κ2) is 7.97. The highest BCUT2D eigenvalue weighted by atomic mass is 16.5. The number of benzene rings is 1. The third kappa shape index (κ3) is 4.69. The van der Waals surface area contributed by atoms with Crippen molar-refractivity contribution < 1.29 is 14.3 Å². The maximum Gasteiger partial charge on any atom is 0.227 e. The van der Waals surface area contributed by atoms with Gasteiger partial charge in [0.2, 0.25) is 11.8 Å². The first kappa shape index (κ1) is 17.3. The molecule has 23 heavy (non-hydrogen) atoms. The average Bonchev–Trinajstić information content (AvgIpc) is 2.93. The molecule has 0 spiro atoms. The predicted octanol–water partition coefficient (Wildman–Crippen LogP) is 1.12. The van der Waals surface area contributed by atoms with Gasteiger partial charge in [-0.1, -0.05) is 6.07 Å². The predicted molar refractivity (Wildman–Crippen MR) is 89.6 cm³/mol. The summed E-state index contributed by atoms with van der Waals surface area (Å²) in [5, 5.41) is 2.93. The molecule has 0 radical (unpaired) electrons. The first-order valence-electron chi connectivity index (χ1n) is 7.88. The van der Waals surface area contributed by atoms with Crippen LogP contribution in [0.15, 0.2) is 24.3 Å². The van der Waals surface area contributed by atoms with Crippen LogP contribution in [0, 0.1) is 5.92 Å². The zero-order chi connectivity index (χ0) is 16.8. The third-order valence-corrected chi connectivity index (χ3v) is 3.94. The van der Waals surface area contributed by atoms with Gasteiger partial charge < -0.3 is 19.9 Å². The fourth-order valence-electron chi connectivity index (χ4n) is 2.66. The monoisotopic (exact) mass is 319 g/mol. The number of nitrogens with one attached hydrogen (secondary N) is 1. The van der Waals surface area contributed by atoms with Gasteiger partial charge >= 0.3 is 0 Å². The van der Waals surface area contributed by atoms with Crippen molar-refractivity contribution in [3.63, 3.8) is 0 Å². The van der Waals surface area contributed by atoms with Crippen LogP contribution in [0.25, 0.3) is 0 Å². The molecule has 1 unspecified atom stereocenters. The number of rotatable bonds is 7. The number of carbonyl (C=O) groups excluding carboxylic acids is 2. The van der Waals surface area contributed by atoms with Crippen LogP contribution in [0.3, 0.4) is 0 Å². The quantitative estimate of drug-likeness (QED) is 0.765. The fraction of sp³-hybridized carbons (Fsp3) is 0.529. The number of amides is 2. The molecular formula is C17H25N3O3. The average molecular weight is 319 g/mol. The summed E-state index contributed by atoms with van der Waals surface area (Å²) >= 11 is 0. The molecule has 1 fully saturated rings. The Balaban J connectivity index is 1.90. The molecule has 0 aromatic heterocycles. The van der Waals surface area contributed by atoms with Crippen molar-refractivity contribution in [2.24, 2.45) is 5.92 Å². The number of anilines is 1. The molecule has 1 N–H and O–H groups in total. The van der Waals surface area contributed by atoms with E-state index < -0.39 is 0 Å². The van der Waals surface area contributed by atoms with Crippen molar-refractivity contribution in [3.05, 3.63) is 24.3 Å². The van der Waals surface area contributed by atoms with E-state index in [1.807, 2.05) is 38.4 Å². The minimum atomic E-state index is -0.284. The largest absolute Gasteiger partial charge is 0.497 e. The van der Waals surface area contributed by atoms with Crippen LogP contribution in [-0.4, -0.2) is 57.6 Å². The smallest absolute Gasteiger partial charge is 0.227 e. The molecule has 1 atom stereocenters. The second-order valence-electron chi connectivity index (χ2n) is 6.05. The maximum absolute atomic E-state index is 12.2. The Morgan fingerprint density at radius 3 is 2.91 bits per heavy atom. The number of hydrogen-bond acceptors (Lipinski definition) is 4.